The van der Waals surface area contributed by atoms with Gasteiger partial charge in [-0.25, -0.2) is 4.84 Å². The minimum absolute atomic E-state index is 0.0780. The maximum atomic E-state index is 5.66. The molecule has 2 aliphatic heterocycles. The largest absolute Gasteiger partial charge is 0.468 e. The van der Waals surface area contributed by atoms with E-state index in [0.29, 0.717) is 12.6 Å². The number of hydrogen-bond donors (Lipinski definition) is 2. The van der Waals surface area contributed by atoms with Gasteiger partial charge < -0.3 is 19.5 Å². The van der Waals surface area contributed by atoms with E-state index in [1.54, 1.807) is 0 Å². The van der Waals surface area contributed by atoms with Crippen molar-refractivity contribution in [3.05, 3.63) is 76.9 Å². The number of allylic oxidation sites excluding steroid dienone is 6. The lowest BCUT2D eigenvalue weighted by molar-refractivity contribution is -0.0647. The zero-order chi connectivity index (χ0) is 19.0. The summed E-state index contributed by atoms with van der Waals surface area (Å²) < 4.78 is 16.9. The Kier molecular flexibility index (Phi) is 6.35. The zero-order valence-electron chi connectivity index (χ0n) is 15.9. The third-order valence-electron chi connectivity index (χ3n) is 4.73. The van der Waals surface area contributed by atoms with Gasteiger partial charge >= 0.3 is 0 Å². The van der Waals surface area contributed by atoms with E-state index in [-0.39, 0.29) is 12.9 Å². The summed E-state index contributed by atoms with van der Waals surface area (Å²) in [4.78, 5) is 5.26. The second kappa shape index (κ2) is 9.51. The van der Waals surface area contributed by atoms with Gasteiger partial charge in [-0.05, 0) is 44.3 Å². The van der Waals surface area contributed by atoms with Crippen molar-refractivity contribution in [2.24, 2.45) is 0 Å². The maximum absolute atomic E-state index is 5.66. The van der Waals surface area contributed by atoms with Crippen LogP contribution in [0.3, 0.4) is 0 Å². The number of ether oxygens (including phenoxy) is 3. The minimum atomic E-state index is 0.0780. The highest BCUT2D eigenvalue weighted by atomic mass is 16.8. The van der Waals surface area contributed by atoms with Crippen molar-refractivity contribution in [3.63, 3.8) is 0 Å². The van der Waals surface area contributed by atoms with Crippen molar-refractivity contribution < 1.29 is 19.0 Å². The van der Waals surface area contributed by atoms with Gasteiger partial charge in [-0.1, -0.05) is 30.0 Å². The monoisotopic (exact) mass is 382 g/mol. The fourth-order valence-corrected chi connectivity index (χ4v) is 3.31. The number of rotatable bonds is 2. The normalized spacial score (nSPS) is 31.1. The number of hydrogen-bond acceptors (Lipinski definition) is 6. The van der Waals surface area contributed by atoms with Gasteiger partial charge in [-0.3, -0.25) is 5.48 Å². The molecule has 0 spiro atoms. The SMILES string of the molecule is C1=C2C/C=C\CC/C(N/C3=C/C4=CC(C/C=C\CC3)OCO4)=C\C=1OCON2. The van der Waals surface area contributed by atoms with Gasteiger partial charge in [0.25, 0.3) is 0 Å². The molecule has 1 unspecified atom stereocenters. The van der Waals surface area contributed by atoms with E-state index in [4.69, 9.17) is 19.0 Å². The van der Waals surface area contributed by atoms with E-state index >= 15 is 0 Å². The molecule has 6 heteroatoms. The van der Waals surface area contributed by atoms with Crippen LogP contribution in [0, 0.1) is 0 Å². The molecular weight excluding hydrogens is 356 g/mol. The Morgan fingerprint density at radius 2 is 1.82 bits per heavy atom. The van der Waals surface area contributed by atoms with Crippen LogP contribution in [0.5, 0.6) is 0 Å². The second-order valence-electron chi connectivity index (χ2n) is 6.94. The van der Waals surface area contributed by atoms with Gasteiger partial charge in [0.1, 0.15) is 5.76 Å². The third kappa shape index (κ3) is 5.42. The fraction of sp³-hybridized carbons (Fsp3) is 0.409. The number of fused-ring (bicyclic) bond motifs is 1. The lowest BCUT2D eigenvalue weighted by Gasteiger charge is -2.22. The Bertz CT molecular complexity index is 797. The van der Waals surface area contributed by atoms with E-state index in [9.17, 15) is 0 Å². The van der Waals surface area contributed by atoms with Crippen molar-refractivity contribution in [1.82, 2.24) is 10.8 Å². The number of nitrogens with one attached hydrogen (secondary N) is 2. The van der Waals surface area contributed by atoms with E-state index in [2.05, 4.69) is 46.9 Å². The lowest BCUT2D eigenvalue weighted by Crippen LogP contribution is -2.20. The second-order valence-corrected chi connectivity index (χ2v) is 6.94. The average molecular weight is 382 g/mol. The highest BCUT2D eigenvalue weighted by Gasteiger charge is 2.15. The molecule has 0 aromatic heterocycles. The van der Waals surface area contributed by atoms with Gasteiger partial charge in [0.15, 0.2) is 12.6 Å². The van der Waals surface area contributed by atoms with E-state index in [1.807, 2.05) is 12.2 Å². The van der Waals surface area contributed by atoms with Gasteiger partial charge in [0, 0.05) is 23.9 Å². The van der Waals surface area contributed by atoms with Crippen molar-refractivity contribution >= 4 is 0 Å². The summed E-state index contributed by atoms with van der Waals surface area (Å²) in [7, 11) is 0. The first-order valence-electron chi connectivity index (χ1n) is 9.80. The Morgan fingerprint density at radius 3 is 2.75 bits per heavy atom. The Labute approximate surface area is 165 Å². The van der Waals surface area contributed by atoms with Gasteiger partial charge in [-0.2, -0.15) is 0 Å². The average Bonchev–Trinajstić information content (AvgIpc) is 2.91. The van der Waals surface area contributed by atoms with Crippen molar-refractivity contribution in [3.8, 4) is 0 Å². The molecule has 2 aliphatic carbocycles. The van der Waals surface area contributed by atoms with Crippen LogP contribution in [0.15, 0.2) is 76.9 Å². The molecule has 0 aromatic carbocycles. The number of hydroxylamine groups is 1. The minimum Gasteiger partial charge on any atom is -0.468 e. The van der Waals surface area contributed by atoms with Crippen LogP contribution in [0.1, 0.15) is 38.5 Å². The molecule has 1 atom stereocenters. The van der Waals surface area contributed by atoms with Crippen LogP contribution in [-0.4, -0.2) is 19.7 Å². The molecule has 4 rings (SSSR count). The predicted molar refractivity (Wildman–Crippen MR) is 105 cm³/mol. The van der Waals surface area contributed by atoms with Crippen LogP contribution in [0.2, 0.25) is 0 Å². The summed E-state index contributed by atoms with van der Waals surface area (Å²) in [6.07, 6.45) is 20.2. The van der Waals surface area contributed by atoms with Crippen molar-refractivity contribution in [1.29, 1.82) is 0 Å². The molecule has 6 nitrogen and oxygen atoms in total. The maximum Gasteiger partial charge on any atom is 0.214 e. The first-order valence-corrected chi connectivity index (χ1v) is 9.80. The van der Waals surface area contributed by atoms with Crippen LogP contribution in [0.4, 0.5) is 0 Å². The Balaban J connectivity index is 1.59. The van der Waals surface area contributed by atoms with E-state index < -0.39 is 0 Å². The molecule has 4 aliphatic rings. The predicted octanol–water partition coefficient (Wildman–Crippen LogP) is 3.96. The molecule has 0 fully saturated rings. The summed E-state index contributed by atoms with van der Waals surface area (Å²) in [5, 5.41) is 3.60. The fourth-order valence-electron chi connectivity index (χ4n) is 3.31. The van der Waals surface area contributed by atoms with E-state index in [1.165, 1.54) is 0 Å². The molecule has 0 saturated heterocycles. The summed E-state index contributed by atoms with van der Waals surface area (Å²) in [6, 6.07) is 0. The molecular formula is C22H26N2O4. The van der Waals surface area contributed by atoms with Crippen molar-refractivity contribution in [2.45, 2.75) is 44.6 Å². The third-order valence-corrected chi connectivity index (χ3v) is 4.73. The highest BCUT2D eigenvalue weighted by molar-refractivity contribution is 5.28. The summed E-state index contributed by atoms with van der Waals surface area (Å²) in [6.45, 7) is 0.442. The smallest absolute Gasteiger partial charge is 0.214 e. The molecule has 0 radical (unpaired) electrons. The molecule has 4 bridgehead atoms. The first-order chi connectivity index (χ1) is 13.8. The molecule has 2 heterocycles. The summed E-state index contributed by atoms with van der Waals surface area (Å²) in [5.74, 6) is 1.53. The summed E-state index contributed by atoms with van der Waals surface area (Å²) >= 11 is 0. The van der Waals surface area contributed by atoms with Gasteiger partial charge in [-0.15, -0.1) is 0 Å². The highest BCUT2D eigenvalue weighted by Crippen LogP contribution is 2.21. The summed E-state index contributed by atoms with van der Waals surface area (Å²) in [5.41, 5.74) is 9.18. The van der Waals surface area contributed by atoms with Crippen molar-refractivity contribution in [2.75, 3.05) is 13.6 Å². The van der Waals surface area contributed by atoms with Crippen LogP contribution < -0.4 is 10.8 Å². The molecule has 0 amide bonds. The molecule has 28 heavy (non-hydrogen) atoms. The lowest BCUT2D eigenvalue weighted by atomic mass is 10.1. The van der Waals surface area contributed by atoms with Crippen LogP contribution in [-0.2, 0) is 19.0 Å². The molecule has 148 valence electrons. The van der Waals surface area contributed by atoms with Gasteiger partial charge in [0.05, 0.1) is 11.8 Å². The topological polar surface area (TPSA) is 61.0 Å². The first kappa shape index (κ1) is 18.7. The van der Waals surface area contributed by atoms with E-state index in [0.717, 1.165) is 61.4 Å². The zero-order valence-corrected chi connectivity index (χ0v) is 15.9. The van der Waals surface area contributed by atoms with Gasteiger partial charge in [0.2, 0.25) is 6.79 Å². The Morgan fingerprint density at radius 1 is 0.964 bits per heavy atom. The molecule has 0 saturated carbocycles. The Hall–Kier alpha value is -2.66. The van der Waals surface area contributed by atoms with Crippen LogP contribution >= 0.6 is 0 Å². The molecule has 2 N–H and O–H groups in total. The van der Waals surface area contributed by atoms with Crippen LogP contribution in [0.25, 0.3) is 0 Å². The molecule has 0 aromatic rings. The standard InChI is InChI=1S/C22H26N2O4/c1-3-7-17(11-21-13-19(9-5-1)24-28-16-27-21)23-18-8-4-2-6-10-20-14-22(12-18)26-15-25-20/h1-2,5-6,11-12,14,20,23-24H,3-4,7-10,15-16H2/b5-1-,6-2-,17-11+,18-12+. The quantitative estimate of drug-likeness (QED) is 0.557.